The molecule has 0 radical (unpaired) electrons. The zero-order valence-electron chi connectivity index (χ0n) is 16.0. The van der Waals surface area contributed by atoms with E-state index in [9.17, 15) is 4.79 Å². The lowest BCUT2D eigenvalue weighted by molar-refractivity contribution is -0.132. The number of nitrogens with one attached hydrogen (secondary N) is 1. The van der Waals surface area contributed by atoms with Gasteiger partial charge in [0.15, 0.2) is 11.5 Å². The Balaban J connectivity index is 1.46. The summed E-state index contributed by atoms with van der Waals surface area (Å²) in [5.74, 6) is 1.66. The van der Waals surface area contributed by atoms with Crippen molar-refractivity contribution in [1.82, 2.24) is 15.2 Å². The van der Waals surface area contributed by atoms with Gasteiger partial charge in [0.1, 0.15) is 0 Å². The number of ether oxygens (including phenoxy) is 2. The van der Waals surface area contributed by atoms with Crippen LogP contribution in [0.1, 0.15) is 29.7 Å². The third-order valence-electron chi connectivity index (χ3n) is 4.85. The van der Waals surface area contributed by atoms with Gasteiger partial charge in [-0.05, 0) is 54.8 Å². The number of fused-ring (bicyclic) bond motifs is 1. The minimum absolute atomic E-state index is 0.204. The van der Waals surface area contributed by atoms with Crippen LogP contribution in [0.4, 0.5) is 0 Å². The number of hydrogen-bond donors (Lipinski definition) is 1. The second-order valence-corrected chi connectivity index (χ2v) is 6.64. The van der Waals surface area contributed by atoms with Crippen LogP contribution in [0.15, 0.2) is 36.5 Å². The predicted octanol–water partition coefficient (Wildman–Crippen LogP) is 2.55. The molecular formula is C21H27N3O3. The molecule has 0 unspecified atom stereocenters. The zero-order chi connectivity index (χ0) is 19.1. The highest BCUT2D eigenvalue weighted by Gasteiger charge is 2.22. The van der Waals surface area contributed by atoms with Crippen LogP contribution in [0.5, 0.6) is 11.5 Å². The predicted molar refractivity (Wildman–Crippen MR) is 104 cm³/mol. The summed E-state index contributed by atoms with van der Waals surface area (Å²) in [4.78, 5) is 18.8. The zero-order valence-corrected chi connectivity index (χ0v) is 16.0. The van der Waals surface area contributed by atoms with E-state index in [4.69, 9.17) is 9.47 Å². The first-order chi connectivity index (χ1) is 13.2. The molecule has 3 rings (SSSR count). The summed E-state index contributed by atoms with van der Waals surface area (Å²) < 4.78 is 10.8. The molecule has 1 amide bonds. The molecule has 27 heavy (non-hydrogen) atoms. The fraction of sp³-hybridized carbons (Fsp3) is 0.429. The molecule has 0 spiro atoms. The van der Waals surface area contributed by atoms with E-state index in [-0.39, 0.29) is 5.91 Å². The maximum atomic E-state index is 12.5. The normalized spacial score (nSPS) is 13.2. The van der Waals surface area contributed by atoms with E-state index in [0.29, 0.717) is 18.7 Å². The first kappa shape index (κ1) is 19.2. The van der Waals surface area contributed by atoms with Gasteiger partial charge >= 0.3 is 0 Å². The van der Waals surface area contributed by atoms with Gasteiger partial charge < -0.3 is 19.7 Å². The number of hydrogen-bond acceptors (Lipinski definition) is 5. The summed E-state index contributed by atoms with van der Waals surface area (Å²) in [6.45, 7) is 2.92. The van der Waals surface area contributed by atoms with Crippen LogP contribution in [0.3, 0.4) is 0 Å². The number of nitrogens with zero attached hydrogens (tertiary/aromatic N) is 2. The lowest BCUT2D eigenvalue weighted by atomic mass is 9.98. The topological polar surface area (TPSA) is 63.7 Å². The van der Waals surface area contributed by atoms with Crippen molar-refractivity contribution in [3.05, 3.63) is 53.3 Å². The van der Waals surface area contributed by atoms with E-state index in [0.717, 1.165) is 49.5 Å². The molecule has 2 heterocycles. The smallest absolute Gasteiger partial charge is 0.222 e. The first-order valence-corrected chi connectivity index (χ1v) is 9.33. The maximum Gasteiger partial charge on any atom is 0.222 e. The SMILES string of the molecule is COc1cc2c(cc1OC)CN(C(=O)CCCNCc1ccccn1)CC2. The van der Waals surface area contributed by atoms with E-state index < -0.39 is 0 Å². The van der Waals surface area contributed by atoms with Crippen LogP contribution in [-0.2, 0) is 24.3 Å². The van der Waals surface area contributed by atoms with E-state index in [1.165, 1.54) is 5.56 Å². The molecule has 6 heteroatoms. The number of pyridine rings is 1. The molecule has 1 aromatic carbocycles. The average molecular weight is 369 g/mol. The Morgan fingerprint density at radius 1 is 1.19 bits per heavy atom. The quantitative estimate of drug-likeness (QED) is 0.725. The minimum atomic E-state index is 0.204. The van der Waals surface area contributed by atoms with Gasteiger partial charge in [-0.25, -0.2) is 0 Å². The van der Waals surface area contributed by atoms with Crippen molar-refractivity contribution in [2.75, 3.05) is 27.3 Å². The van der Waals surface area contributed by atoms with Crippen molar-refractivity contribution < 1.29 is 14.3 Å². The molecule has 1 aliphatic heterocycles. The van der Waals surface area contributed by atoms with Crippen molar-refractivity contribution >= 4 is 5.91 Å². The monoisotopic (exact) mass is 369 g/mol. The standard InChI is InChI=1S/C21H27N3O3/c1-26-19-12-16-8-11-24(15-17(16)13-20(19)27-2)21(25)7-5-9-22-14-18-6-3-4-10-23-18/h3-4,6,10,12-13,22H,5,7-9,11,14-15H2,1-2H3. The molecule has 0 saturated heterocycles. The fourth-order valence-corrected chi connectivity index (χ4v) is 3.34. The van der Waals surface area contributed by atoms with Gasteiger partial charge in [-0.1, -0.05) is 6.07 Å². The second kappa shape index (κ2) is 9.37. The number of benzene rings is 1. The second-order valence-electron chi connectivity index (χ2n) is 6.64. The maximum absolute atomic E-state index is 12.5. The van der Waals surface area contributed by atoms with Gasteiger partial charge in [0.25, 0.3) is 0 Å². The van der Waals surface area contributed by atoms with E-state index >= 15 is 0 Å². The van der Waals surface area contributed by atoms with Crippen LogP contribution in [0, 0.1) is 0 Å². The number of rotatable bonds is 8. The van der Waals surface area contributed by atoms with Crippen LogP contribution < -0.4 is 14.8 Å². The molecule has 0 aliphatic carbocycles. The molecular weight excluding hydrogens is 342 g/mol. The summed E-state index contributed by atoms with van der Waals surface area (Å²) in [5.41, 5.74) is 3.38. The summed E-state index contributed by atoms with van der Waals surface area (Å²) >= 11 is 0. The van der Waals surface area contributed by atoms with Crippen LogP contribution >= 0.6 is 0 Å². The molecule has 0 bridgehead atoms. The van der Waals surface area contributed by atoms with E-state index in [2.05, 4.69) is 10.3 Å². The molecule has 1 N–H and O–H groups in total. The Morgan fingerprint density at radius 2 is 1.96 bits per heavy atom. The number of aromatic nitrogens is 1. The first-order valence-electron chi connectivity index (χ1n) is 9.33. The number of carbonyl (C=O) groups is 1. The van der Waals surface area contributed by atoms with Crippen molar-refractivity contribution in [1.29, 1.82) is 0 Å². The third-order valence-corrected chi connectivity index (χ3v) is 4.85. The van der Waals surface area contributed by atoms with Crippen molar-refractivity contribution in [2.45, 2.75) is 32.4 Å². The number of amides is 1. The van der Waals surface area contributed by atoms with Crippen LogP contribution in [0.25, 0.3) is 0 Å². The van der Waals surface area contributed by atoms with Crippen molar-refractivity contribution in [3.63, 3.8) is 0 Å². The summed E-state index contributed by atoms with van der Waals surface area (Å²) in [5, 5.41) is 3.34. The fourth-order valence-electron chi connectivity index (χ4n) is 3.34. The minimum Gasteiger partial charge on any atom is -0.493 e. The highest BCUT2D eigenvalue weighted by molar-refractivity contribution is 5.76. The summed E-state index contributed by atoms with van der Waals surface area (Å²) in [6.07, 6.45) is 4.01. The van der Waals surface area contributed by atoms with E-state index in [1.54, 1.807) is 20.4 Å². The summed E-state index contributed by atoms with van der Waals surface area (Å²) in [7, 11) is 3.28. The molecule has 0 atom stereocenters. The Hall–Kier alpha value is -2.60. The van der Waals surface area contributed by atoms with Crippen LogP contribution in [0.2, 0.25) is 0 Å². The van der Waals surface area contributed by atoms with Crippen LogP contribution in [-0.4, -0.2) is 43.1 Å². The molecule has 6 nitrogen and oxygen atoms in total. The van der Waals surface area contributed by atoms with Crippen molar-refractivity contribution in [3.8, 4) is 11.5 Å². The third kappa shape index (κ3) is 4.98. The highest BCUT2D eigenvalue weighted by atomic mass is 16.5. The Morgan fingerprint density at radius 3 is 2.67 bits per heavy atom. The van der Waals surface area contributed by atoms with Gasteiger partial charge in [-0.15, -0.1) is 0 Å². The average Bonchev–Trinajstić information content (AvgIpc) is 2.72. The van der Waals surface area contributed by atoms with Gasteiger partial charge in [0.05, 0.1) is 19.9 Å². The van der Waals surface area contributed by atoms with E-state index in [1.807, 2.05) is 35.2 Å². The molecule has 2 aromatic rings. The molecule has 1 aromatic heterocycles. The number of methoxy groups -OCH3 is 2. The largest absolute Gasteiger partial charge is 0.493 e. The van der Waals surface area contributed by atoms with Gasteiger partial charge in [0.2, 0.25) is 5.91 Å². The summed E-state index contributed by atoms with van der Waals surface area (Å²) in [6, 6.07) is 9.89. The molecule has 1 aliphatic rings. The van der Waals surface area contributed by atoms with Gasteiger partial charge in [0, 0.05) is 32.3 Å². The Bertz CT molecular complexity index is 765. The molecule has 0 saturated carbocycles. The van der Waals surface area contributed by atoms with Crippen molar-refractivity contribution in [2.24, 2.45) is 0 Å². The highest BCUT2D eigenvalue weighted by Crippen LogP contribution is 2.33. The Labute approximate surface area is 160 Å². The Kier molecular flexibility index (Phi) is 6.65. The molecule has 0 fully saturated rings. The molecule has 144 valence electrons. The number of carbonyl (C=O) groups excluding carboxylic acids is 1. The van der Waals surface area contributed by atoms with Gasteiger partial charge in [-0.2, -0.15) is 0 Å². The van der Waals surface area contributed by atoms with Gasteiger partial charge in [-0.3, -0.25) is 9.78 Å². The lowest BCUT2D eigenvalue weighted by Crippen LogP contribution is -2.36. The lowest BCUT2D eigenvalue weighted by Gasteiger charge is -2.29.